The van der Waals surface area contributed by atoms with Gasteiger partial charge in [0.25, 0.3) is 0 Å². The summed E-state index contributed by atoms with van der Waals surface area (Å²) >= 11 is 0. The fraction of sp³-hybridized carbons (Fsp3) is 0.294. The first-order valence-corrected chi connectivity index (χ1v) is 6.58. The fourth-order valence-electron chi connectivity index (χ4n) is 2.17. The second-order valence-corrected chi connectivity index (χ2v) is 4.80. The third-order valence-electron chi connectivity index (χ3n) is 3.21. The molecule has 0 fully saturated rings. The van der Waals surface area contributed by atoms with Gasteiger partial charge < -0.3 is 5.32 Å². The average molecular weight is 239 g/mol. The van der Waals surface area contributed by atoms with Gasteiger partial charge in [-0.1, -0.05) is 48.9 Å². The SMILES string of the molecule is CCNCc1cccc(-c2cc(C)ccc2C)c1. The molecule has 1 nitrogen and oxygen atoms in total. The predicted octanol–water partition coefficient (Wildman–Crippen LogP) is 4.08. The molecule has 0 unspecified atom stereocenters. The predicted molar refractivity (Wildman–Crippen MR) is 78.7 cm³/mol. The van der Waals surface area contributed by atoms with Crippen molar-refractivity contribution in [1.29, 1.82) is 0 Å². The molecule has 1 heteroatoms. The van der Waals surface area contributed by atoms with Crippen LogP contribution < -0.4 is 5.32 Å². The van der Waals surface area contributed by atoms with Crippen LogP contribution in [0.15, 0.2) is 42.5 Å². The molecule has 2 rings (SSSR count). The van der Waals surface area contributed by atoms with Crippen molar-refractivity contribution in [3.8, 4) is 11.1 Å². The number of rotatable bonds is 4. The number of hydrogen-bond acceptors (Lipinski definition) is 1. The van der Waals surface area contributed by atoms with Crippen LogP contribution in [-0.2, 0) is 6.54 Å². The Hall–Kier alpha value is -1.60. The number of aryl methyl sites for hydroxylation is 2. The monoisotopic (exact) mass is 239 g/mol. The summed E-state index contributed by atoms with van der Waals surface area (Å²) in [4.78, 5) is 0. The van der Waals surface area contributed by atoms with Gasteiger partial charge in [-0.25, -0.2) is 0 Å². The van der Waals surface area contributed by atoms with E-state index in [1.807, 2.05) is 0 Å². The van der Waals surface area contributed by atoms with E-state index in [2.05, 4.69) is 68.6 Å². The highest BCUT2D eigenvalue weighted by Crippen LogP contribution is 2.25. The molecule has 94 valence electrons. The van der Waals surface area contributed by atoms with Crippen molar-refractivity contribution in [3.63, 3.8) is 0 Å². The van der Waals surface area contributed by atoms with Crippen molar-refractivity contribution < 1.29 is 0 Å². The smallest absolute Gasteiger partial charge is 0.0205 e. The molecule has 0 aliphatic rings. The van der Waals surface area contributed by atoms with E-state index in [9.17, 15) is 0 Å². The topological polar surface area (TPSA) is 12.0 Å². The van der Waals surface area contributed by atoms with Gasteiger partial charge in [-0.05, 0) is 48.7 Å². The average Bonchev–Trinajstić information content (AvgIpc) is 2.39. The lowest BCUT2D eigenvalue weighted by Gasteiger charge is -2.09. The molecule has 0 spiro atoms. The Morgan fingerprint density at radius 1 is 1.00 bits per heavy atom. The lowest BCUT2D eigenvalue weighted by molar-refractivity contribution is 0.727. The molecule has 0 saturated carbocycles. The van der Waals surface area contributed by atoms with Crippen molar-refractivity contribution in [2.24, 2.45) is 0 Å². The highest BCUT2D eigenvalue weighted by atomic mass is 14.8. The van der Waals surface area contributed by atoms with Crippen molar-refractivity contribution in [1.82, 2.24) is 5.32 Å². The summed E-state index contributed by atoms with van der Waals surface area (Å²) in [6, 6.07) is 15.4. The second kappa shape index (κ2) is 5.83. The first kappa shape index (κ1) is 12.8. The minimum absolute atomic E-state index is 0.940. The molecule has 0 saturated heterocycles. The highest BCUT2D eigenvalue weighted by Gasteiger charge is 2.03. The van der Waals surface area contributed by atoms with Gasteiger partial charge in [-0.3, -0.25) is 0 Å². The largest absolute Gasteiger partial charge is 0.313 e. The van der Waals surface area contributed by atoms with Crippen LogP contribution >= 0.6 is 0 Å². The molecule has 0 aliphatic carbocycles. The minimum Gasteiger partial charge on any atom is -0.313 e. The molecule has 0 heterocycles. The summed E-state index contributed by atoms with van der Waals surface area (Å²) < 4.78 is 0. The summed E-state index contributed by atoms with van der Waals surface area (Å²) in [7, 11) is 0. The van der Waals surface area contributed by atoms with Crippen LogP contribution in [0.3, 0.4) is 0 Å². The van der Waals surface area contributed by atoms with Crippen molar-refractivity contribution in [3.05, 3.63) is 59.2 Å². The molecule has 0 bridgehead atoms. The van der Waals surface area contributed by atoms with E-state index in [-0.39, 0.29) is 0 Å². The van der Waals surface area contributed by atoms with E-state index in [4.69, 9.17) is 0 Å². The second-order valence-electron chi connectivity index (χ2n) is 4.80. The van der Waals surface area contributed by atoms with E-state index in [1.54, 1.807) is 0 Å². The summed E-state index contributed by atoms with van der Waals surface area (Å²) in [6.45, 7) is 8.40. The van der Waals surface area contributed by atoms with Crippen molar-refractivity contribution in [2.45, 2.75) is 27.3 Å². The van der Waals surface area contributed by atoms with Gasteiger partial charge in [0, 0.05) is 6.54 Å². The van der Waals surface area contributed by atoms with E-state index in [0.29, 0.717) is 0 Å². The molecular weight excluding hydrogens is 218 g/mol. The van der Waals surface area contributed by atoms with Crippen LogP contribution in [0, 0.1) is 13.8 Å². The molecule has 18 heavy (non-hydrogen) atoms. The first-order chi connectivity index (χ1) is 8.70. The Bertz CT molecular complexity index is 529. The molecule has 0 aliphatic heterocycles. The Balaban J connectivity index is 2.35. The Kier molecular flexibility index (Phi) is 4.16. The quantitative estimate of drug-likeness (QED) is 0.847. The Morgan fingerprint density at radius 2 is 1.83 bits per heavy atom. The Morgan fingerprint density at radius 3 is 2.61 bits per heavy atom. The maximum Gasteiger partial charge on any atom is 0.0205 e. The molecule has 0 aromatic heterocycles. The summed E-state index contributed by atoms with van der Waals surface area (Å²) in [5, 5.41) is 3.37. The van der Waals surface area contributed by atoms with Gasteiger partial charge in [0.2, 0.25) is 0 Å². The van der Waals surface area contributed by atoms with Crippen LogP contribution in [0.4, 0.5) is 0 Å². The molecule has 0 radical (unpaired) electrons. The molecule has 2 aromatic carbocycles. The van der Waals surface area contributed by atoms with E-state index < -0.39 is 0 Å². The zero-order valence-electron chi connectivity index (χ0n) is 11.5. The maximum atomic E-state index is 3.37. The van der Waals surface area contributed by atoms with Gasteiger partial charge in [0.05, 0.1) is 0 Å². The van der Waals surface area contributed by atoms with Gasteiger partial charge in [-0.15, -0.1) is 0 Å². The summed E-state index contributed by atoms with van der Waals surface area (Å²) in [6.07, 6.45) is 0. The molecule has 0 atom stereocenters. The fourth-order valence-corrected chi connectivity index (χ4v) is 2.17. The van der Waals surface area contributed by atoms with Crippen molar-refractivity contribution in [2.75, 3.05) is 6.54 Å². The van der Waals surface area contributed by atoms with Crippen LogP contribution in [-0.4, -0.2) is 6.54 Å². The van der Waals surface area contributed by atoms with Crippen LogP contribution in [0.5, 0.6) is 0 Å². The Labute approximate surface area is 110 Å². The summed E-state index contributed by atoms with van der Waals surface area (Å²) in [5.41, 5.74) is 6.64. The third-order valence-corrected chi connectivity index (χ3v) is 3.21. The standard InChI is InChI=1S/C17H21N/c1-4-18-12-15-6-5-7-16(11-15)17-10-13(2)8-9-14(17)3/h5-11,18H,4,12H2,1-3H3. The maximum absolute atomic E-state index is 3.37. The molecular formula is C17H21N. The number of hydrogen-bond donors (Lipinski definition) is 1. The van der Waals surface area contributed by atoms with E-state index in [0.717, 1.165) is 13.1 Å². The lowest BCUT2D eigenvalue weighted by Crippen LogP contribution is -2.11. The zero-order chi connectivity index (χ0) is 13.0. The van der Waals surface area contributed by atoms with Gasteiger partial charge in [-0.2, -0.15) is 0 Å². The third kappa shape index (κ3) is 2.99. The zero-order valence-corrected chi connectivity index (χ0v) is 11.5. The number of nitrogens with one attached hydrogen (secondary N) is 1. The van der Waals surface area contributed by atoms with Crippen LogP contribution in [0.2, 0.25) is 0 Å². The molecule has 2 aromatic rings. The minimum atomic E-state index is 0.940. The highest BCUT2D eigenvalue weighted by molar-refractivity contribution is 5.68. The molecule has 1 N–H and O–H groups in total. The van der Waals surface area contributed by atoms with Crippen molar-refractivity contribution >= 4 is 0 Å². The number of benzene rings is 2. The molecule has 0 amide bonds. The van der Waals surface area contributed by atoms with Crippen LogP contribution in [0.25, 0.3) is 11.1 Å². The lowest BCUT2D eigenvalue weighted by atomic mass is 9.97. The normalized spacial score (nSPS) is 10.6. The van der Waals surface area contributed by atoms with Gasteiger partial charge in [0.1, 0.15) is 0 Å². The first-order valence-electron chi connectivity index (χ1n) is 6.58. The van der Waals surface area contributed by atoms with Crippen LogP contribution in [0.1, 0.15) is 23.6 Å². The van der Waals surface area contributed by atoms with Gasteiger partial charge in [0.15, 0.2) is 0 Å². The van der Waals surface area contributed by atoms with Gasteiger partial charge >= 0.3 is 0 Å². The van der Waals surface area contributed by atoms with E-state index in [1.165, 1.54) is 27.8 Å². The summed E-state index contributed by atoms with van der Waals surface area (Å²) in [5.74, 6) is 0. The van der Waals surface area contributed by atoms with E-state index >= 15 is 0 Å².